The van der Waals surface area contributed by atoms with Crippen LogP contribution in [0.15, 0.2) is 30.3 Å². The van der Waals surface area contributed by atoms with Crippen molar-refractivity contribution in [2.24, 2.45) is 5.73 Å². The van der Waals surface area contributed by atoms with Crippen LogP contribution in [-0.2, 0) is 9.59 Å². The maximum atomic E-state index is 11.2. The van der Waals surface area contributed by atoms with Crippen LogP contribution in [0.1, 0.15) is 24.9 Å². The first-order valence-electron chi connectivity index (χ1n) is 5.39. The average molecular weight is 236 g/mol. The number of primary amides is 1. The molecule has 4 N–H and O–H groups in total. The van der Waals surface area contributed by atoms with Gasteiger partial charge in [0.25, 0.3) is 0 Å². The predicted octanol–water partition coefficient (Wildman–Crippen LogP) is 0.666. The largest absolute Gasteiger partial charge is 0.480 e. The Morgan fingerprint density at radius 3 is 2.35 bits per heavy atom. The molecule has 1 aromatic carbocycles. The molecule has 1 rings (SSSR count). The van der Waals surface area contributed by atoms with E-state index < -0.39 is 24.0 Å². The van der Waals surface area contributed by atoms with Crippen LogP contribution in [0.2, 0.25) is 0 Å². The highest BCUT2D eigenvalue weighted by molar-refractivity contribution is 5.82. The molecule has 2 atom stereocenters. The van der Waals surface area contributed by atoms with E-state index in [2.05, 4.69) is 5.32 Å². The van der Waals surface area contributed by atoms with Gasteiger partial charge in [0.05, 0.1) is 6.04 Å². The van der Waals surface area contributed by atoms with Gasteiger partial charge in [-0.25, -0.2) is 0 Å². The number of nitrogens with two attached hydrogens (primary N) is 1. The summed E-state index contributed by atoms with van der Waals surface area (Å²) in [5.41, 5.74) is 5.78. The second-order valence-corrected chi connectivity index (χ2v) is 3.71. The van der Waals surface area contributed by atoms with Crippen LogP contribution in [0.25, 0.3) is 0 Å². The summed E-state index contributed by atoms with van der Waals surface area (Å²) in [6.07, 6.45) is 0.450. The predicted molar refractivity (Wildman–Crippen MR) is 63.2 cm³/mol. The second kappa shape index (κ2) is 6.00. The Morgan fingerprint density at radius 2 is 1.94 bits per heavy atom. The third kappa shape index (κ3) is 3.57. The minimum atomic E-state index is -1.03. The van der Waals surface area contributed by atoms with Crippen molar-refractivity contribution in [1.29, 1.82) is 0 Å². The summed E-state index contributed by atoms with van der Waals surface area (Å²) in [7, 11) is 0. The summed E-state index contributed by atoms with van der Waals surface area (Å²) in [6, 6.07) is 7.12. The van der Waals surface area contributed by atoms with Crippen LogP contribution in [0, 0.1) is 0 Å². The van der Waals surface area contributed by atoms with Gasteiger partial charge in [-0.15, -0.1) is 0 Å². The van der Waals surface area contributed by atoms with Crippen molar-refractivity contribution >= 4 is 11.9 Å². The maximum absolute atomic E-state index is 11.2. The summed E-state index contributed by atoms with van der Waals surface area (Å²) in [4.78, 5) is 22.2. The zero-order valence-electron chi connectivity index (χ0n) is 9.59. The lowest BCUT2D eigenvalue weighted by Gasteiger charge is -2.20. The molecule has 0 aromatic heterocycles. The SMILES string of the molecule is CCC(NC(C(=O)O)c1ccccc1)C(N)=O. The molecular weight excluding hydrogens is 220 g/mol. The van der Waals surface area contributed by atoms with Gasteiger partial charge in [-0.1, -0.05) is 37.3 Å². The van der Waals surface area contributed by atoms with Gasteiger partial charge in [-0.3, -0.25) is 14.9 Å². The van der Waals surface area contributed by atoms with E-state index in [1.165, 1.54) is 0 Å². The van der Waals surface area contributed by atoms with Crippen molar-refractivity contribution in [3.8, 4) is 0 Å². The lowest BCUT2D eigenvalue weighted by atomic mass is 10.1. The van der Waals surface area contributed by atoms with E-state index in [1.807, 2.05) is 0 Å². The second-order valence-electron chi connectivity index (χ2n) is 3.71. The number of hydrogen-bond donors (Lipinski definition) is 3. The lowest BCUT2D eigenvalue weighted by Crippen LogP contribution is -2.44. The van der Waals surface area contributed by atoms with Crippen LogP contribution in [-0.4, -0.2) is 23.0 Å². The molecule has 0 aliphatic heterocycles. The van der Waals surface area contributed by atoms with Crippen molar-refractivity contribution in [2.75, 3.05) is 0 Å². The van der Waals surface area contributed by atoms with Gasteiger partial charge in [0, 0.05) is 0 Å². The van der Waals surface area contributed by atoms with E-state index in [4.69, 9.17) is 10.8 Å². The molecule has 0 saturated heterocycles. The van der Waals surface area contributed by atoms with Crippen LogP contribution < -0.4 is 11.1 Å². The van der Waals surface area contributed by atoms with Gasteiger partial charge in [-0.05, 0) is 12.0 Å². The molecule has 0 radical (unpaired) electrons. The molecule has 5 nitrogen and oxygen atoms in total. The van der Waals surface area contributed by atoms with Gasteiger partial charge in [-0.2, -0.15) is 0 Å². The van der Waals surface area contributed by atoms with Crippen molar-refractivity contribution in [2.45, 2.75) is 25.4 Å². The third-order valence-corrected chi connectivity index (χ3v) is 2.50. The highest BCUT2D eigenvalue weighted by Crippen LogP contribution is 2.14. The fraction of sp³-hybridized carbons (Fsp3) is 0.333. The monoisotopic (exact) mass is 236 g/mol. The molecule has 0 aliphatic rings. The summed E-state index contributed by atoms with van der Waals surface area (Å²) < 4.78 is 0. The minimum Gasteiger partial charge on any atom is -0.480 e. The number of nitrogens with one attached hydrogen (secondary N) is 1. The molecule has 0 fully saturated rings. The Bertz CT molecular complexity index is 392. The van der Waals surface area contributed by atoms with Crippen LogP contribution >= 0.6 is 0 Å². The summed E-state index contributed by atoms with van der Waals surface area (Å²) in [5.74, 6) is -1.58. The molecule has 0 saturated carbocycles. The Balaban J connectivity index is 2.88. The number of amides is 1. The third-order valence-electron chi connectivity index (χ3n) is 2.50. The molecule has 5 heteroatoms. The topological polar surface area (TPSA) is 92.4 Å². The van der Waals surface area contributed by atoms with Crippen LogP contribution in [0.3, 0.4) is 0 Å². The minimum absolute atomic E-state index is 0.450. The number of carboxylic acid groups (broad SMARTS) is 1. The zero-order chi connectivity index (χ0) is 12.8. The van der Waals surface area contributed by atoms with Crippen molar-refractivity contribution < 1.29 is 14.7 Å². The standard InChI is InChI=1S/C12H16N2O3/c1-2-9(11(13)15)14-10(12(16)17)8-6-4-3-5-7-8/h3-7,9-10,14H,2H2,1H3,(H2,13,15)(H,16,17). The maximum Gasteiger partial charge on any atom is 0.325 e. The summed E-state index contributed by atoms with van der Waals surface area (Å²) in [6.45, 7) is 1.77. The average Bonchev–Trinajstić information content (AvgIpc) is 2.30. The normalized spacial score (nSPS) is 13.9. The highest BCUT2D eigenvalue weighted by atomic mass is 16.4. The zero-order valence-corrected chi connectivity index (χ0v) is 9.59. The van der Waals surface area contributed by atoms with E-state index in [1.54, 1.807) is 37.3 Å². The Labute approximate surface area is 99.6 Å². The van der Waals surface area contributed by atoms with E-state index in [-0.39, 0.29) is 0 Å². The molecule has 1 aromatic rings. The fourth-order valence-corrected chi connectivity index (χ4v) is 1.56. The summed E-state index contributed by atoms with van der Waals surface area (Å²) >= 11 is 0. The number of rotatable bonds is 6. The molecule has 92 valence electrons. The van der Waals surface area contributed by atoms with Gasteiger partial charge in [0.15, 0.2) is 0 Å². The number of carbonyl (C=O) groups is 2. The molecule has 0 aliphatic carbocycles. The first-order chi connectivity index (χ1) is 8.06. The van der Waals surface area contributed by atoms with Crippen molar-refractivity contribution in [3.63, 3.8) is 0 Å². The first-order valence-corrected chi connectivity index (χ1v) is 5.39. The number of benzene rings is 1. The van der Waals surface area contributed by atoms with E-state index >= 15 is 0 Å². The first kappa shape index (κ1) is 13.2. The van der Waals surface area contributed by atoms with E-state index in [9.17, 15) is 9.59 Å². The van der Waals surface area contributed by atoms with Crippen molar-refractivity contribution in [3.05, 3.63) is 35.9 Å². The quantitative estimate of drug-likeness (QED) is 0.676. The van der Waals surface area contributed by atoms with Crippen LogP contribution in [0.4, 0.5) is 0 Å². The summed E-state index contributed by atoms with van der Waals surface area (Å²) in [5, 5.41) is 11.9. The smallest absolute Gasteiger partial charge is 0.325 e. The van der Waals surface area contributed by atoms with Gasteiger partial charge in [0.2, 0.25) is 5.91 Å². The Kier molecular flexibility index (Phi) is 4.66. The van der Waals surface area contributed by atoms with E-state index in [0.717, 1.165) is 0 Å². The van der Waals surface area contributed by atoms with Gasteiger partial charge < -0.3 is 10.8 Å². The van der Waals surface area contributed by atoms with Gasteiger partial charge >= 0.3 is 5.97 Å². The fourth-order valence-electron chi connectivity index (χ4n) is 1.56. The van der Waals surface area contributed by atoms with Gasteiger partial charge in [0.1, 0.15) is 6.04 Å². The molecular formula is C12H16N2O3. The number of carboxylic acids is 1. The number of aliphatic carboxylic acids is 1. The Morgan fingerprint density at radius 1 is 1.35 bits per heavy atom. The molecule has 2 unspecified atom stereocenters. The number of hydrogen-bond acceptors (Lipinski definition) is 3. The molecule has 1 amide bonds. The molecule has 0 bridgehead atoms. The Hall–Kier alpha value is -1.88. The molecule has 0 spiro atoms. The van der Waals surface area contributed by atoms with E-state index in [0.29, 0.717) is 12.0 Å². The van der Waals surface area contributed by atoms with Crippen molar-refractivity contribution in [1.82, 2.24) is 5.32 Å². The highest BCUT2D eigenvalue weighted by Gasteiger charge is 2.24. The lowest BCUT2D eigenvalue weighted by molar-refractivity contribution is -0.140. The molecule has 17 heavy (non-hydrogen) atoms. The van der Waals surface area contributed by atoms with Crippen LogP contribution in [0.5, 0.6) is 0 Å². The number of carbonyl (C=O) groups excluding carboxylic acids is 1. The molecule has 0 heterocycles.